The number of hydrogen-bond donors (Lipinski definition) is 1. The minimum atomic E-state index is 0.847. The first-order chi connectivity index (χ1) is 5.18. The largest absolute Gasteiger partial charge is 0.314 e. The zero-order valence-corrected chi connectivity index (χ0v) is 8.06. The molecule has 1 N–H and O–H groups in total. The monoisotopic (exact) mass is 155 g/mol. The van der Waals surface area contributed by atoms with Crippen molar-refractivity contribution in [3.8, 4) is 0 Å². The first-order valence-electron chi connectivity index (χ1n) is 4.92. The summed E-state index contributed by atoms with van der Waals surface area (Å²) in [5.41, 5.74) is 0. The van der Waals surface area contributed by atoms with Gasteiger partial charge in [0.1, 0.15) is 0 Å². The van der Waals surface area contributed by atoms with Gasteiger partial charge in [-0.1, -0.05) is 20.8 Å². The molecule has 0 aromatic carbocycles. The zero-order valence-electron chi connectivity index (χ0n) is 8.06. The van der Waals surface area contributed by atoms with E-state index in [0.717, 1.165) is 17.9 Å². The van der Waals surface area contributed by atoms with E-state index in [0.29, 0.717) is 0 Å². The maximum absolute atomic E-state index is 3.58. The van der Waals surface area contributed by atoms with Crippen LogP contribution in [0.4, 0.5) is 0 Å². The average Bonchev–Trinajstić information content (AvgIpc) is 1.83. The van der Waals surface area contributed by atoms with E-state index in [9.17, 15) is 0 Å². The summed E-state index contributed by atoms with van der Waals surface area (Å²) in [6, 6.07) is 0.851. The van der Waals surface area contributed by atoms with E-state index in [2.05, 4.69) is 26.1 Å². The molecule has 0 aliphatic heterocycles. The number of nitrogens with one attached hydrogen (secondary N) is 1. The molecular formula is C10H21N. The molecule has 11 heavy (non-hydrogen) atoms. The quantitative estimate of drug-likeness (QED) is 0.657. The van der Waals surface area contributed by atoms with Crippen LogP contribution >= 0.6 is 0 Å². The van der Waals surface area contributed by atoms with Gasteiger partial charge in [-0.25, -0.2) is 0 Å². The molecule has 1 rings (SSSR count). The maximum Gasteiger partial charge on any atom is 0.00721 e. The normalized spacial score (nSPS) is 30.5. The van der Waals surface area contributed by atoms with Crippen molar-refractivity contribution < 1.29 is 0 Å². The summed E-state index contributed by atoms with van der Waals surface area (Å²) in [4.78, 5) is 0. The summed E-state index contributed by atoms with van der Waals surface area (Å²) in [5, 5.41) is 3.58. The van der Waals surface area contributed by atoms with Crippen LogP contribution in [0.2, 0.25) is 0 Å². The Balaban J connectivity index is 1.89. The topological polar surface area (TPSA) is 12.0 Å². The van der Waals surface area contributed by atoms with Gasteiger partial charge in [-0.05, 0) is 37.6 Å². The molecule has 0 atom stereocenters. The second-order valence-electron chi connectivity index (χ2n) is 4.41. The summed E-state index contributed by atoms with van der Waals surface area (Å²) in [6.45, 7) is 8.12. The molecule has 0 unspecified atom stereocenters. The fourth-order valence-electron chi connectivity index (χ4n) is 1.65. The zero-order chi connectivity index (χ0) is 8.27. The third-order valence-electron chi connectivity index (χ3n) is 2.53. The molecule has 1 aliphatic carbocycles. The Morgan fingerprint density at radius 2 is 2.00 bits per heavy atom. The molecule has 0 aromatic rings. The van der Waals surface area contributed by atoms with Crippen LogP contribution in [0.15, 0.2) is 0 Å². The van der Waals surface area contributed by atoms with Gasteiger partial charge in [0.05, 0.1) is 0 Å². The van der Waals surface area contributed by atoms with Gasteiger partial charge in [0.2, 0.25) is 0 Å². The van der Waals surface area contributed by atoms with Crippen molar-refractivity contribution >= 4 is 0 Å². The molecule has 0 heterocycles. The summed E-state index contributed by atoms with van der Waals surface area (Å²) >= 11 is 0. The fraction of sp³-hybridized carbons (Fsp3) is 1.00. The number of hydrogen-bond acceptors (Lipinski definition) is 1. The van der Waals surface area contributed by atoms with Crippen LogP contribution in [0.5, 0.6) is 0 Å². The standard InChI is InChI=1S/C10H21N/c1-8(2)4-5-11-10-6-9(3)7-10/h8-11H,4-7H2,1-3H3. The highest BCUT2D eigenvalue weighted by Crippen LogP contribution is 2.26. The van der Waals surface area contributed by atoms with E-state index < -0.39 is 0 Å². The Morgan fingerprint density at radius 3 is 2.45 bits per heavy atom. The van der Waals surface area contributed by atoms with E-state index in [1.807, 2.05) is 0 Å². The first-order valence-corrected chi connectivity index (χ1v) is 4.92. The lowest BCUT2D eigenvalue weighted by Crippen LogP contribution is -2.40. The fourth-order valence-corrected chi connectivity index (χ4v) is 1.65. The van der Waals surface area contributed by atoms with Crippen LogP contribution in [0.3, 0.4) is 0 Å². The van der Waals surface area contributed by atoms with Gasteiger partial charge in [-0.3, -0.25) is 0 Å². The van der Waals surface area contributed by atoms with Crippen molar-refractivity contribution in [1.29, 1.82) is 0 Å². The Morgan fingerprint density at radius 1 is 1.36 bits per heavy atom. The minimum absolute atomic E-state index is 0.847. The highest BCUT2D eigenvalue weighted by Gasteiger charge is 2.23. The van der Waals surface area contributed by atoms with E-state index >= 15 is 0 Å². The van der Waals surface area contributed by atoms with Crippen LogP contribution in [0.25, 0.3) is 0 Å². The van der Waals surface area contributed by atoms with Gasteiger partial charge < -0.3 is 5.32 Å². The summed E-state index contributed by atoms with van der Waals surface area (Å²) in [5.74, 6) is 1.83. The highest BCUT2D eigenvalue weighted by molar-refractivity contribution is 4.81. The number of rotatable bonds is 4. The molecule has 1 fully saturated rings. The lowest BCUT2D eigenvalue weighted by atomic mass is 9.82. The van der Waals surface area contributed by atoms with Gasteiger partial charge in [-0.2, -0.15) is 0 Å². The van der Waals surface area contributed by atoms with Crippen LogP contribution < -0.4 is 5.32 Å². The molecule has 0 bridgehead atoms. The highest BCUT2D eigenvalue weighted by atomic mass is 14.9. The van der Waals surface area contributed by atoms with Crippen LogP contribution in [0, 0.1) is 11.8 Å². The molecule has 0 amide bonds. The smallest absolute Gasteiger partial charge is 0.00721 e. The second-order valence-corrected chi connectivity index (χ2v) is 4.41. The maximum atomic E-state index is 3.58. The van der Waals surface area contributed by atoms with Gasteiger partial charge >= 0.3 is 0 Å². The lowest BCUT2D eigenvalue weighted by Gasteiger charge is -2.33. The van der Waals surface area contributed by atoms with E-state index in [4.69, 9.17) is 0 Å². The summed E-state index contributed by atoms with van der Waals surface area (Å²) in [6.07, 6.45) is 4.13. The molecule has 0 aromatic heterocycles. The third kappa shape index (κ3) is 3.24. The Bertz CT molecular complexity index is 103. The van der Waals surface area contributed by atoms with Crippen LogP contribution in [-0.2, 0) is 0 Å². The second kappa shape index (κ2) is 4.10. The van der Waals surface area contributed by atoms with Gasteiger partial charge in [0.25, 0.3) is 0 Å². The molecule has 1 heteroatoms. The SMILES string of the molecule is CC(C)CCNC1CC(C)C1. The van der Waals surface area contributed by atoms with Crippen molar-refractivity contribution in [3.05, 3.63) is 0 Å². The van der Waals surface area contributed by atoms with Crippen molar-refractivity contribution in [3.63, 3.8) is 0 Å². The minimum Gasteiger partial charge on any atom is -0.314 e. The average molecular weight is 155 g/mol. The van der Waals surface area contributed by atoms with Gasteiger partial charge in [0, 0.05) is 6.04 Å². The molecule has 1 nitrogen and oxygen atoms in total. The van der Waals surface area contributed by atoms with E-state index in [1.165, 1.54) is 25.8 Å². The summed E-state index contributed by atoms with van der Waals surface area (Å²) in [7, 11) is 0. The van der Waals surface area contributed by atoms with E-state index in [-0.39, 0.29) is 0 Å². The van der Waals surface area contributed by atoms with Gasteiger partial charge in [0.15, 0.2) is 0 Å². The van der Waals surface area contributed by atoms with Crippen LogP contribution in [-0.4, -0.2) is 12.6 Å². The van der Waals surface area contributed by atoms with Crippen molar-refractivity contribution in [2.45, 2.75) is 46.1 Å². The Kier molecular flexibility index (Phi) is 3.38. The lowest BCUT2D eigenvalue weighted by molar-refractivity contribution is 0.239. The molecule has 1 aliphatic rings. The molecule has 66 valence electrons. The molecule has 0 radical (unpaired) electrons. The molecular weight excluding hydrogens is 134 g/mol. The van der Waals surface area contributed by atoms with Crippen molar-refractivity contribution in [2.75, 3.05) is 6.54 Å². The predicted molar refractivity (Wildman–Crippen MR) is 49.6 cm³/mol. The predicted octanol–water partition coefficient (Wildman–Crippen LogP) is 2.42. The van der Waals surface area contributed by atoms with Gasteiger partial charge in [-0.15, -0.1) is 0 Å². The van der Waals surface area contributed by atoms with Crippen molar-refractivity contribution in [1.82, 2.24) is 5.32 Å². The Hall–Kier alpha value is -0.0400. The Labute approximate surface area is 70.6 Å². The van der Waals surface area contributed by atoms with E-state index in [1.54, 1.807) is 0 Å². The molecule has 0 spiro atoms. The third-order valence-corrected chi connectivity index (χ3v) is 2.53. The molecule has 1 saturated carbocycles. The first kappa shape index (κ1) is 9.05. The summed E-state index contributed by atoms with van der Waals surface area (Å²) < 4.78 is 0. The van der Waals surface area contributed by atoms with Crippen molar-refractivity contribution in [2.24, 2.45) is 11.8 Å². The van der Waals surface area contributed by atoms with Crippen LogP contribution in [0.1, 0.15) is 40.0 Å². The molecule has 0 saturated heterocycles.